The van der Waals surface area contributed by atoms with Crippen molar-refractivity contribution in [1.82, 2.24) is 14.6 Å². The second kappa shape index (κ2) is 5.84. The Bertz CT molecular complexity index is 788. The molecule has 0 unspecified atom stereocenters. The van der Waals surface area contributed by atoms with Crippen LogP contribution >= 0.6 is 0 Å². The van der Waals surface area contributed by atoms with Crippen molar-refractivity contribution in [3.63, 3.8) is 0 Å². The monoisotopic (exact) mass is 304 g/mol. The number of anilines is 1. The maximum atomic E-state index is 12.1. The standard InChI is InChI=1S/C14H16N4O4/c1-8-5-10(16-22-8)12(19)15-11-6-9(13(20)17(2)3)7-18(4)14(11)21/h5-7H,1-4H3,(H,15,19). The van der Waals surface area contributed by atoms with Crippen LogP contribution in [0, 0.1) is 6.92 Å². The van der Waals surface area contributed by atoms with Crippen molar-refractivity contribution in [1.29, 1.82) is 0 Å². The highest BCUT2D eigenvalue weighted by molar-refractivity contribution is 6.03. The number of amides is 2. The van der Waals surface area contributed by atoms with Gasteiger partial charge in [-0.25, -0.2) is 0 Å². The topological polar surface area (TPSA) is 97.4 Å². The van der Waals surface area contributed by atoms with Crippen LogP contribution in [0.3, 0.4) is 0 Å². The van der Waals surface area contributed by atoms with Crippen molar-refractivity contribution in [2.24, 2.45) is 7.05 Å². The summed E-state index contributed by atoms with van der Waals surface area (Å²) in [5.41, 5.74) is -0.0765. The summed E-state index contributed by atoms with van der Waals surface area (Å²) in [6.07, 6.45) is 1.42. The molecule has 22 heavy (non-hydrogen) atoms. The summed E-state index contributed by atoms with van der Waals surface area (Å²) in [7, 11) is 4.71. The predicted octanol–water partition coefficient (Wildman–Crippen LogP) is 0.636. The Morgan fingerprint density at radius 2 is 2.00 bits per heavy atom. The largest absolute Gasteiger partial charge is 0.361 e. The van der Waals surface area contributed by atoms with Crippen molar-refractivity contribution in [3.8, 4) is 0 Å². The number of rotatable bonds is 3. The van der Waals surface area contributed by atoms with Crippen LogP contribution in [0.2, 0.25) is 0 Å². The first kappa shape index (κ1) is 15.5. The summed E-state index contributed by atoms with van der Waals surface area (Å²) in [6, 6.07) is 2.80. The summed E-state index contributed by atoms with van der Waals surface area (Å²) in [4.78, 5) is 37.5. The first-order chi connectivity index (χ1) is 10.3. The summed E-state index contributed by atoms with van der Waals surface area (Å²) < 4.78 is 6.05. The highest BCUT2D eigenvalue weighted by Crippen LogP contribution is 2.09. The molecule has 2 aromatic rings. The van der Waals surface area contributed by atoms with Gasteiger partial charge in [0.25, 0.3) is 17.4 Å². The van der Waals surface area contributed by atoms with Gasteiger partial charge in [0, 0.05) is 33.4 Å². The maximum absolute atomic E-state index is 12.1. The molecular formula is C14H16N4O4. The van der Waals surface area contributed by atoms with Crippen LogP contribution < -0.4 is 10.9 Å². The van der Waals surface area contributed by atoms with E-state index in [0.29, 0.717) is 11.3 Å². The van der Waals surface area contributed by atoms with Crippen molar-refractivity contribution in [2.75, 3.05) is 19.4 Å². The lowest BCUT2D eigenvalue weighted by Crippen LogP contribution is -2.28. The van der Waals surface area contributed by atoms with E-state index in [1.807, 2.05) is 0 Å². The second-order valence-electron chi connectivity index (χ2n) is 5.04. The SMILES string of the molecule is Cc1cc(C(=O)Nc2cc(C(=O)N(C)C)cn(C)c2=O)no1. The number of carbonyl (C=O) groups is 2. The zero-order chi connectivity index (χ0) is 16.4. The molecule has 0 spiro atoms. The van der Waals surface area contributed by atoms with E-state index < -0.39 is 11.5 Å². The molecule has 2 amide bonds. The first-order valence-electron chi connectivity index (χ1n) is 6.46. The third kappa shape index (κ3) is 3.05. The Hall–Kier alpha value is -2.90. The minimum absolute atomic E-state index is 0.000790. The molecule has 0 saturated carbocycles. The van der Waals surface area contributed by atoms with E-state index in [2.05, 4.69) is 10.5 Å². The van der Waals surface area contributed by atoms with E-state index in [1.165, 1.54) is 34.8 Å². The van der Waals surface area contributed by atoms with E-state index in [1.54, 1.807) is 21.0 Å². The van der Waals surface area contributed by atoms with Crippen LogP contribution in [0.4, 0.5) is 5.69 Å². The van der Waals surface area contributed by atoms with Crippen LogP contribution in [0.25, 0.3) is 0 Å². The fraction of sp³-hybridized carbons (Fsp3) is 0.286. The molecule has 8 nitrogen and oxygen atoms in total. The normalized spacial score (nSPS) is 10.4. The van der Waals surface area contributed by atoms with E-state index in [4.69, 9.17) is 4.52 Å². The lowest BCUT2D eigenvalue weighted by molar-refractivity contribution is 0.0826. The third-order valence-electron chi connectivity index (χ3n) is 2.95. The molecule has 0 aliphatic carbocycles. The van der Waals surface area contributed by atoms with Gasteiger partial charge in [-0.2, -0.15) is 0 Å². The summed E-state index contributed by atoms with van der Waals surface area (Å²) in [5.74, 6) is -0.374. The number of aromatic nitrogens is 2. The lowest BCUT2D eigenvalue weighted by Gasteiger charge is -2.12. The van der Waals surface area contributed by atoms with E-state index in [-0.39, 0.29) is 17.3 Å². The van der Waals surface area contributed by atoms with Gasteiger partial charge in [-0.15, -0.1) is 0 Å². The van der Waals surface area contributed by atoms with E-state index in [0.717, 1.165) is 0 Å². The van der Waals surface area contributed by atoms with Crippen LogP contribution in [0.5, 0.6) is 0 Å². The number of nitrogens with zero attached hydrogens (tertiary/aromatic N) is 3. The smallest absolute Gasteiger partial charge is 0.278 e. The Balaban J connectivity index is 2.36. The fourth-order valence-electron chi connectivity index (χ4n) is 1.84. The average Bonchev–Trinajstić information content (AvgIpc) is 2.89. The van der Waals surface area contributed by atoms with Crippen molar-refractivity contribution in [2.45, 2.75) is 6.92 Å². The molecule has 0 fully saturated rings. The molecule has 0 radical (unpaired) electrons. The zero-order valence-electron chi connectivity index (χ0n) is 12.7. The van der Waals surface area contributed by atoms with Crippen LogP contribution in [-0.4, -0.2) is 40.5 Å². The predicted molar refractivity (Wildman–Crippen MR) is 78.9 cm³/mol. The lowest BCUT2D eigenvalue weighted by atomic mass is 10.2. The second-order valence-corrected chi connectivity index (χ2v) is 5.04. The van der Waals surface area contributed by atoms with Crippen molar-refractivity contribution >= 4 is 17.5 Å². The Morgan fingerprint density at radius 1 is 1.32 bits per heavy atom. The van der Waals surface area contributed by atoms with Gasteiger partial charge in [0.2, 0.25) is 0 Å². The van der Waals surface area contributed by atoms with Gasteiger partial charge < -0.3 is 19.3 Å². The van der Waals surface area contributed by atoms with Crippen LogP contribution in [0.1, 0.15) is 26.6 Å². The average molecular weight is 304 g/mol. The molecule has 0 atom stereocenters. The van der Waals surface area contributed by atoms with E-state index in [9.17, 15) is 14.4 Å². The number of pyridine rings is 1. The van der Waals surface area contributed by atoms with Gasteiger partial charge >= 0.3 is 0 Å². The van der Waals surface area contributed by atoms with Gasteiger partial charge in [0.05, 0.1) is 5.56 Å². The van der Waals surface area contributed by atoms with Crippen LogP contribution in [-0.2, 0) is 7.05 Å². The zero-order valence-corrected chi connectivity index (χ0v) is 12.7. The summed E-state index contributed by atoms with van der Waals surface area (Å²) >= 11 is 0. The Labute approximate surface area is 126 Å². The molecule has 116 valence electrons. The number of hydrogen-bond acceptors (Lipinski definition) is 5. The van der Waals surface area contributed by atoms with E-state index >= 15 is 0 Å². The quantitative estimate of drug-likeness (QED) is 0.897. The van der Waals surface area contributed by atoms with Gasteiger partial charge in [-0.3, -0.25) is 14.4 Å². The molecule has 0 bridgehead atoms. The number of nitrogens with one attached hydrogen (secondary N) is 1. The molecule has 2 aromatic heterocycles. The third-order valence-corrected chi connectivity index (χ3v) is 2.95. The molecular weight excluding hydrogens is 288 g/mol. The summed E-state index contributed by atoms with van der Waals surface area (Å²) in [6.45, 7) is 1.65. The Morgan fingerprint density at radius 3 is 2.55 bits per heavy atom. The van der Waals surface area contributed by atoms with Gasteiger partial charge in [0.15, 0.2) is 5.69 Å². The van der Waals surface area contributed by atoms with Crippen molar-refractivity contribution < 1.29 is 14.1 Å². The Kier molecular flexibility index (Phi) is 4.11. The molecule has 2 rings (SSSR count). The minimum Gasteiger partial charge on any atom is -0.361 e. The molecule has 0 aliphatic rings. The van der Waals surface area contributed by atoms with Gasteiger partial charge in [-0.05, 0) is 13.0 Å². The van der Waals surface area contributed by atoms with Crippen molar-refractivity contribution in [3.05, 3.63) is 45.7 Å². The summed E-state index contributed by atoms with van der Waals surface area (Å²) in [5, 5.41) is 6.03. The number of aryl methyl sites for hydroxylation is 2. The molecule has 8 heteroatoms. The molecule has 2 heterocycles. The number of carbonyl (C=O) groups excluding carboxylic acids is 2. The molecule has 0 saturated heterocycles. The minimum atomic E-state index is -0.580. The molecule has 1 N–H and O–H groups in total. The molecule has 0 aliphatic heterocycles. The van der Waals surface area contributed by atoms with Gasteiger partial charge in [-0.1, -0.05) is 5.16 Å². The van der Waals surface area contributed by atoms with Crippen LogP contribution in [0.15, 0.2) is 27.6 Å². The fourth-order valence-corrected chi connectivity index (χ4v) is 1.84. The maximum Gasteiger partial charge on any atom is 0.278 e. The van der Waals surface area contributed by atoms with Gasteiger partial charge in [0.1, 0.15) is 11.4 Å². The highest BCUT2D eigenvalue weighted by Gasteiger charge is 2.16. The first-order valence-corrected chi connectivity index (χ1v) is 6.46. The number of hydrogen-bond donors (Lipinski definition) is 1. The molecule has 0 aromatic carbocycles. The highest BCUT2D eigenvalue weighted by atomic mass is 16.5.